The average molecular weight is 205 g/mol. The van der Waals surface area contributed by atoms with E-state index in [1.165, 1.54) is 0 Å². The van der Waals surface area contributed by atoms with Crippen molar-refractivity contribution >= 4 is 20.2 Å². The van der Waals surface area contributed by atoms with Gasteiger partial charge in [-0.1, -0.05) is 19.8 Å². The van der Waals surface area contributed by atoms with Crippen LogP contribution in [0.4, 0.5) is 0 Å². The van der Waals surface area contributed by atoms with E-state index in [1.807, 2.05) is 6.92 Å². The first-order valence-corrected chi connectivity index (χ1v) is 4.79. The molecule has 6 heteroatoms. The normalized spacial score (nSPS) is 10.8. The van der Waals surface area contributed by atoms with Gasteiger partial charge >= 0.3 is 7.82 Å². The maximum Gasteiger partial charge on any atom is 0.469 e. The molecule has 0 aromatic rings. The standard InChI is InChI=1S/C5H13O4P.ClH/c1-2-3-4-5-9-10(6,7)8;/h2-5H2,1H3,(H2,6,7,8);1H. The lowest BCUT2D eigenvalue weighted by molar-refractivity contribution is 0.193. The highest BCUT2D eigenvalue weighted by Gasteiger charge is 2.11. The van der Waals surface area contributed by atoms with Crippen molar-refractivity contribution in [1.82, 2.24) is 0 Å². The molecule has 0 fully saturated rings. The van der Waals surface area contributed by atoms with Crippen LogP contribution in [-0.2, 0) is 9.09 Å². The Morgan fingerprint density at radius 2 is 1.91 bits per heavy atom. The van der Waals surface area contributed by atoms with E-state index in [0.29, 0.717) is 6.42 Å². The molecule has 2 N–H and O–H groups in total. The Labute approximate surface area is 72.6 Å². The SMILES string of the molecule is CCCCCOP(=O)(O)O.Cl. The molecule has 0 bridgehead atoms. The van der Waals surface area contributed by atoms with Gasteiger partial charge in [0.25, 0.3) is 0 Å². The lowest BCUT2D eigenvalue weighted by Crippen LogP contribution is -1.91. The summed E-state index contributed by atoms with van der Waals surface area (Å²) in [6.07, 6.45) is 2.67. The van der Waals surface area contributed by atoms with E-state index in [-0.39, 0.29) is 19.0 Å². The van der Waals surface area contributed by atoms with Crippen molar-refractivity contribution < 1.29 is 18.9 Å². The van der Waals surface area contributed by atoms with Gasteiger partial charge in [-0.15, -0.1) is 12.4 Å². The molecule has 0 unspecified atom stereocenters. The van der Waals surface area contributed by atoms with Crippen molar-refractivity contribution in [1.29, 1.82) is 0 Å². The van der Waals surface area contributed by atoms with Crippen molar-refractivity contribution in [3.05, 3.63) is 0 Å². The monoisotopic (exact) mass is 204 g/mol. The Bertz CT molecular complexity index is 124. The summed E-state index contributed by atoms with van der Waals surface area (Å²) in [4.78, 5) is 16.4. The maximum absolute atomic E-state index is 10.1. The van der Waals surface area contributed by atoms with E-state index in [2.05, 4.69) is 4.52 Å². The van der Waals surface area contributed by atoms with E-state index in [4.69, 9.17) is 9.79 Å². The molecule has 0 saturated carbocycles. The molecule has 0 spiro atoms. The molecule has 0 heterocycles. The van der Waals surface area contributed by atoms with Crippen molar-refractivity contribution in [3.63, 3.8) is 0 Å². The second-order valence-electron chi connectivity index (χ2n) is 2.03. The molecule has 0 atom stereocenters. The van der Waals surface area contributed by atoms with Gasteiger partial charge in [0.1, 0.15) is 0 Å². The molecule has 0 aromatic carbocycles. The van der Waals surface area contributed by atoms with Crippen LogP contribution in [0.15, 0.2) is 0 Å². The number of halogens is 1. The Kier molecular flexibility index (Phi) is 8.97. The molecule has 0 aliphatic heterocycles. The van der Waals surface area contributed by atoms with Crippen LogP contribution in [-0.4, -0.2) is 16.4 Å². The minimum Gasteiger partial charge on any atom is -0.303 e. The first-order chi connectivity index (χ1) is 4.56. The van der Waals surface area contributed by atoms with Crippen LogP contribution in [0.2, 0.25) is 0 Å². The van der Waals surface area contributed by atoms with E-state index >= 15 is 0 Å². The third kappa shape index (κ3) is 13.4. The zero-order chi connectivity index (χ0) is 8.04. The predicted octanol–water partition coefficient (Wildman–Crippen LogP) is 1.71. The second-order valence-corrected chi connectivity index (χ2v) is 3.27. The predicted molar refractivity (Wildman–Crippen MR) is 44.8 cm³/mol. The smallest absolute Gasteiger partial charge is 0.303 e. The van der Waals surface area contributed by atoms with Gasteiger partial charge in [0.05, 0.1) is 6.61 Å². The second kappa shape index (κ2) is 7.07. The first kappa shape index (κ1) is 14.0. The summed E-state index contributed by atoms with van der Waals surface area (Å²) in [7, 11) is -4.21. The number of phosphoric ester groups is 1. The Morgan fingerprint density at radius 1 is 1.36 bits per heavy atom. The number of hydrogen-bond donors (Lipinski definition) is 2. The van der Waals surface area contributed by atoms with Crippen molar-refractivity contribution in [2.24, 2.45) is 0 Å². The molecule has 0 aromatic heterocycles. The molecule has 70 valence electrons. The summed E-state index contributed by atoms with van der Waals surface area (Å²) < 4.78 is 14.3. The van der Waals surface area contributed by atoms with Crippen molar-refractivity contribution in [2.45, 2.75) is 26.2 Å². The van der Waals surface area contributed by atoms with Gasteiger partial charge in [0.15, 0.2) is 0 Å². The maximum atomic E-state index is 10.1. The van der Waals surface area contributed by atoms with Crippen LogP contribution in [0.3, 0.4) is 0 Å². The van der Waals surface area contributed by atoms with E-state index in [9.17, 15) is 4.57 Å². The summed E-state index contributed by atoms with van der Waals surface area (Å²) >= 11 is 0. The van der Waals surface area contributed by atoms with E-state index in [0.717, 1.165) is 12.8 Å². The Hall–Kier alpha value is 0.400. The first-order valence-electron chi connectivity index (χ1n) is 3.26. The van der Waals surface area contributed by atoms with E-state index in [1.54, 1.807) is 0 Å². The van der Waals surface area contributed by atoms with Gasteiger partial charge in [-0.05, 0) is 6.42 Å². The topological polar surface area (TPSA) is 66.8 Å². The van der Waals surface area contributed by atoms with Crippen LogP contribution in [0.25, 0.3) is 0 Å². The molecular weight excluding hydrogens is 190 g/mol. The molecule has 0 saturated heterocycles. The molecule has 4 nitrogen and oxygen atoms in total. The zero-order valence-corrected chi connectivity index (χ0v) is 8.11. The van der Waals surface area contributed by atoms with Crippen LogP contribution in [0.1, 0.15) is 26.2 Å². The van der Waals surface area contributed by atoms with Crippen molar-refractivity contribution in [3.8, 4) is 0 Å². The number of unbranched alkanes of at least 4 members (excludes halogenated alkanes) is 2. The molecule has 0 aliphatic carbocycles. The van der Waals surface area contributed by atoms with Gasteiger partial charge < -0.3 is 9.79 Å². The summed E-state index contributed by atoms with van der Waals surface area (Å²) in [5.74, 6) is 0. The van der Waals surface area contributed by atoms with Gasteiger partial charge in [-0.2, -0.15) is 0 Å². The van der Waals surface area contributed by atoms with Crippen LogP contribution < -0.4 is 0 Å². The highest BCUT2D eigenvalue weighted by molar-refractivity contribution is 7.46. The van der Waals surface area contributed by atoms with Gasteiger partial charge in [0.2, 0.25) is 0 Å². The highest BCUT2D eigenvalue weighted by atomic mass is 35.5. The Morgan fingerprint density at radius 3 is 2.27 bits per heavy atom. The lowest BCUT2D eigenvalue weighted by Gasteiger charge is -2.02. The minimum atomic E-state index is -4.21. The Balaban J connectivity index is 0. The quantitative estimate of drug-likeness (QED) is 0.529. The number of hydrogen-bond acceptors (Lipinski definition) is 2. The molecule has 0 amide bonds. The molecule has 0 radical (unpaired) electrons. The minimum absolute atomic E-state index is 0. The average Bonchev–Trinajstić information content (AvgIpc) is 1.78. The summed E-state index contributed by atoms with van der Waals surface area (Å²) in [5.41, 5.74) is 0. The van der Waals surface area contributed by atoms with Gasteiger partial charge in [-0.3, -0.25) is 4.52 Å². The van der Waals surface area contributed by atoms with Crippen molar-refractivity contribution in [2.75, 3.05) is 6.61 Å². The fraction of sp³-hybridized carbons (Fsp3) is 1.00. The van der Waals surface area contributed by atoms with Crippen LogP contribution in [0, 0.1) is 0 Å². The van der Waals surface area contributed by atoms with Gasteiger partial charge in [0, 0.05) is 0 Å². The third-order valence-electron chi connectivity index (χ3n) is 1.01. The fourth-order valence-electron chi connectivity index (χ4n) is 0.536. The molecule has 0 rings (SSSR count). The van der Waals surface area contributed by atoms with Gasteiger partial charge in [-0.25, -0.2) is 4.57 Å². The zero-order valence-electron chi connectivity index (χ0n) is 6.39. The fourth-order valence-corrected chi connectivity index (χ4v) is 0.902. The molecule has 0 aliphatic rings. The molecule has 11 heavy (non-hydrogen) atoms. The summed E-state index contributed by atoms with van der Waals surface area (Å²) in [6.45, 7) is 2.16. The summed E-state index contributed by atoms with van der Waals surface area (Å²) in [6, 6.07) is 0. The summed E-state index contributed by atoms with van der Waals surface area (Å²) in [5, 5.41) is 0. The van der Waals surface area contributed by atoms with E-state index < -0.39 is 7.82 Å². The lowest BCUT2D eigenvalue weighted by atomic mass is 10.3. The highest BCUT2D eigenvalue weighted by Crippen LogP contribution is 2.35. The number of phosphoric acid groups is 1. The third-order valence-corrected chi connectivity index (χ3v) is 1.53. The molecular formula is C5H14ClO4P. The van der Waals surface area contributed by atoms with Crippen LogP contribution in [0.5, 0.6) is 0 Å². The largest absolute Gasteiger partial charge is 0.469 e. The van der Waals surface area contributed by atoms with Crippen LogP contribution >= 0.6 is 20.2 Å². The number of rotatable bonds is 5.